The van der Waals surface area contributed by atoms with Crippen molar-refractivity contribution < 1.29 is 31.1 Å². The van der Waals surface area contributed by atoms with E-state index in [1.54, 1.807) is 18.2 Å². The van der Waals surface area contributed by atoms with Gasteiger partial charge in [-0.25, -0.2) is 22.0 Å². The van der Waals surface area contributed by atoms with Crippen LogP contribution in [0, 0.1) is 11.3 Å². The van der Waals surface area contributed by atoms with Gasteiger partial charge in [-0.15, -0.1) is 0 Å². The van der Waals surface area contributed by atoms with E-state index < -0.39 is 31.7 Å². The summed E-state index contributed by atoms with van der Waals surface area (Å²) in [5.74, 6) is -0.306. The monoisotopic (exact) mass is 558 g/mol. The molecule has 0 bridgehead atoms. The molecule has 0 aliphatic rings. The highest BCUT2D eigenvalue weighted by Gasteiger charge is 2.21. The van der Waals surface area contributed by atoms with Crippen molar-refractivity contribution in [2.75, 3.05) is 29.7 Å². The van der Waals surface area contributed by atoms with E-state index in [9.17, 15) is 26.9 Å². The summed E-state index contributed by atoms with van der Waals surface area (Å²) >= 11 is 0. The standard InChI is InChI=1S/C23H22N6O7S2/c1-35-18-8-3-16(4-9-18)29-38(33,34)22-13-17(7-12-21(22)36-2)27-28-20(14-24)23(30)26-15-5-10-19(11-6-15)37(25,31)32/h3-13,27,29H,1-2H3,(H,26,30)(H2,25,31,32). The number of carbonyl (C=O) groups excluding carboxylic acids is 1. The molecule has 5 N–H and O–H groups in total. The second-order valence-electron chi connectivity index (χ2n) is 7.41. The average molecular weight is 559 g/mol. The SMILES string of the molecule is COc1ccc(NS(=O)(=O)c2cc(NN=C(C#N)C(=O)Nc3ccc(S(N)(=O)=O)cc3)ccc2OC)cc1. The predicted molar refractivity (Wildman–Crippen MR) is 140 cm³/mol. The van der Waals surface area contributed by atoms with E-state index in [2.05, 4.69) is 20.6 Å². The summed E-state index contributed by atoms with van der Waals surface area (Å²) in [5.41, 5.74) is 2.50. The number of amides is 1. The highest BCUT2D eigenvalue weighted by Crippen LogP contribution is 2.29. The number of ether oxygens (including phenoxy) is 2. The maximum atomic E-state index is 13.0. The van der Waals surface area contributed by atoms with Crippen molar-refractivity contribution in [1.29, 1.82) is 5.26 Å². The number of nitriles is 1. The smallest absolute Gasteiger partial charge is 0.287 e. The van der Waals surface area contributed by atoms with Gasteiger partial charge in [-0.05, 0) is 66.7 Å². The Morgan fingerprint density at radius 3 is 2.05 bits per heavy atom. The first-order chi connectivity index (χ1) is 18.0. The van der Waals surface area contributed by atoms with Gasteiger partial charge >= 0.3 is 0 Å². The Labute approximate surface area is 219 Å². The highest BCUT2D eigenvalue weighted by atomic mass is 32.2. The first-order valence-electron chi connectivity index (χ1n) is 10.5. The molecule has 38 heavy (non-hydrogen) atoms. The quantitative estimate of drug-likeness (QED) is 0.212. The van der Waals surface area contributed by atoms with Crippen molar-refractivity contribution in [1.82, 2.24) is 0 Å². The van der Waals surface area contributed by atoms with Gasteiger partial charge in [-0.2, -0.15) is 10.4 Å². The molecule has 1 amide bonds. The van der Waals surface area contributed by atoms with Crippen molar-refractivity contribution in [2.45, 2.75) is 9.79 Å². The third-order valence-electron chi connectivity index (χ3n) is 4.85. The Hall–Kier alpha value is -4.65. The van der Waals surface area contributed by atoms with Crippen LogP contribution in [0.2, 0.25) is 0 Å². The molecule has 0 aliphatic heterocycles. The molecule has 0 radical (unpaired) electrons. The third kappa shape index (κ3) is 6.97. The predicted octanol–water partition coefficient (Wildman–Crippen LogP) is 2.08. The molecule has 3 rings (SSSR count). The number of nitrogens with one attached hydrogen (secondary N) is 3. The molecule has 0 aliphatic carbocycles. The van der Waals surface area contributed by atoms with Gasteiger partial charge in [0.1, 0.15) is 22.5 Å². The van der Waals surface area contributed by atoms with Crippen molar-refractivity contribution in [3.63, 3.8) is 0 Å². The number of primary sulfonamides is 1. The zero-order valence-corrected chi connectivity index (χ0v) is 21.6. The minimum atomic E-state index is -4.11. The lowest BCUT2D eigenvalue weighted by atomic mass is 10.3. The van der Waals surface area contributed by atoms with Gasteiger partial charge in [-0.1, -0.05) is 0 Å². The number of hydrogen-bond donors (Lipinski definition) is 4. The van der Waals surface area contributed by atoms with Crippen LogP contribution in [-0.4, -0.2) is 42.7 Å². The summed E-state index contributed by atoms with van der Waals surface area (Å²) in [6.07, 6.45) is 0. The van der Waals surface area contributed by atoms with Gasteiger partial charge in [0.2, 0.25) is 15.7 Å². The van der Waals surface area contributed by atoms with Crippen molar-refractivity contribution in [3.05, 3.63) is 66.7 Å². The normalized spacial score (nSPS) is 11.7. The van der Waals surface area contributed by atoms with E-state index >= 15 is 0 Å². The van der Waals surface area contributed by atoms with E-state index in [1.165, 1.54) is 68.8 Å². The maximum Gasteiger partial charge on any atom is 0.287 e. The fraction of sp³-hybridized carbons (Fsp3) is 0.0870. The third-order valence-corrected chi connectivity index (χ3v) is 7.19. The summed E-state index contributed by atoms with van der Waals surface area (Å²) in [7, 11) is -5.23. The fourth-order valence-corrected chi connectivity index (χ4v) is 4.76. The van der Waals surface area contributed by atoms with Gasteiger partial charge < -0.3 is 14.8 Å². The Bertz CT molecular complexity index is 1610. The molecule has 15 heteroatoms. The van der Waals surface area contributed by atoms with E-state index in [1.807, 2.05) is 0 Å². The number of hydrogen-bond acceptors (Lipinski definition) is 10. The minimum Gasteiger partial charge on any atom is -0.497 e. The Balaban J connectivity index is 1.79. The molecule has 198 valence electrons. The van der Waals surface area contributed by atoms with Crippen molar-refractivity contribution in [2.24, 2.45) is 10.2 Å². The van der Waals surface area contributed by atoms with Gasteiger partial charge in [0.15, 0.2) is 0 Å². The second-order valence-corrected chi connectivity index (χ2v) is 10.6. The topological polar surface area (TPSA) is 202 Å². The van der Waals surface area contributed by atoms with Crippen LogP contribution in [0.3, 0.4) is 0 Å². The number of benzene rings is 3. The number of nitrogens with zero attached hydrogens (tertiary/aromatic N) is 2. The van der Waals surface area contributed by atoms with Crippen LogP contribution in [0.25, 0.3) is 0 Å². The summed E-state index contributed by atoms with van der Waals surface area (Å²) < 4.78 is 61.4. The first-order valence-corrected chi connectivity index (χ1v) is 13.5. The number of anilines is 3. The van der Waals surface area contributed by atoms with Crippen LogP contribution in [0.15, 0.2) is 81.6 Å². The molecule has 0 atom stereocenters. The van der Waals surface area contributed by atoms with Crippen LogP contribution in [0.4, 0.5) is 17.1 Å². The number of sulfonamides is 2. The van der Waals surface area contributed by atoms with E-state index in [4.69, 9.17) is 14.6 Å². The number of hydrazone groups is 1. The summed E-state index contributed by atoms with van der Waals surface area (Å²) in [6.45, 7) is 0. The molecule has 0 saturated carbocycles. The summed E-state index contributed by atoms with van der Waals surface area (Å²) in [6, 6.07) is 16.8. The number of carbonyl (C=O) groups is 1. The molecular weight excluding hydrogens is 536 g/mol. The maximum absolute atomic E-state index is 13.0. The zero-order chi connectivity index (χ0) is 27.9. The highest BCUT2D eigenvalue weighted by molar-refractivity contribution is 7.92. The van der Waals surface area contributed by atoms with Gasteiger partial charge in [-0.3, -0.25) is 14.9 Å². The Kier molecular flexibility index (Phi) is 8.53. The average Bonchev–Trinajstić information content (AvgIpc) is 2.89. The molecular formula is C23H22N6O7S2. The van der Waals surface area contributed by atoms with Gasteiger partial charge in [0, 0.05) is 11.4 Å². The Morgan fingerprint density at radius 1 is 0.895 bits per heavy atom. The van der Waals surface area contributed by atoms with Crippen LogP contribution < -0.4 is 30.1 Å². The lowest BCUT2D eigenvalue weighted by Gasteiger charge is -2.13. The fourth-order valence-electron chi connectivity index (χ4n) is 2.99. The first kappa shape index (κ1) is 27.9. The molecule has 3 aromatic rings. The van der Waals surface area contributed by atoms with E-state index in [-0.39, 0.29) is 32.6 Å². The van der Waals surface area contributed by atoms with Crippen LogP contribution >= 0.6 is 0 Å². The zero-order valence-electron chi connectivity index (χ0n) is 20.0. The van der Waals surface area contributed by atoms with Crippen LogP contribution in [-0.2, 0) is 24.8 Å². The largest absolute Gasteiger partial charge is 0.497 e. The van der Waals surface area contributed by atoms with E-state index in [0.29, 0.717) is 5.75 Å². The van der Waals surface area contributed by atoms with Gasteiger partial charge in [0.25, 0.3) is 15.9 Å². The van der Waals surface area contributed by atoms with Crippen LogP contribution in [0.5, 0.6) is 11.5 Å². The molecule has 0 heterocycles. The van der Waals surface area contributed by atoms with Gasteiger partial charge in [0.05, 0.1) is 24.8 Å². The number of methoxy groups -OCH3 is 2. The number of nitrogens with two attached hydrogens (primary N) is 1. The molecule has 0 saturated heterocycles. The summed E-state index contributed by atoms with van der Waals surface area (Å²) in [5, 5.41) is 20.5. The Morgan fingerprint density at radius 2 is 1.50 bits per heavy atom. The summed E-state index contributed by atoms with van der Waals surface area (Å²) in [4.78, 5) is 12.1. The lowest BCUT2D eigenvalue weighted by molar-refractivity contribution is -0.110. The molecule has 0 unspecified atom stereocenters. The van der Waals surface area contributed by atoms with Crippen LogP contribution in [0.1, 0.15) is 0 Å². The minimum absolute atomic E-state index is 0.0433. The molecule has 3 aromatic carbocycles. The van der Waals surface area contributed by atoms with Crippen molar-refractivity contribution >= 4 is 48.7 Å². The number of rotatable bonds is 10. The second kappa shape index (κ2) is 11.6. The van der Waals surface area contributed by atoms with Crippen molar-refractivity contribution in [3.8, 4) is 17.6 Å². The molecule has 0 fully saturated rings. The molecule has 13 nitrogen and oxygen atoms in total. The molecule has 0 spiro atoms. The van der Waals surface area contributed by atoms with E-state index in [0.717, 1.165) is 0 Å². The molecule has 0 aromatic heterocycles. The lowest BCUT2D eigenvalue weighted by Crippen LogP contribution is -2.22.